The molecule has 0 saturated heterocycles. The lowest BCUT2D eigenvalue weighted by Gasteiger charge is -2.59. The van der Waals surface area contributed by atoms with Crippen LogP contribution < -0.4 is 0 Å². The molecule has 0 spiro atoms. The minimum Gasteiger partial charge on any atom is -0.508 e. The van der Waals surface area contributed by atoms with Crippen LogP contribution in [0.25, 0.3) is 0 Å². The number of hydrogen-bond donors (Lipinski definition) is 4. The fourth-order valence-corrected chi connectivity index (χ4v) is 18.8. The Morgan fingerprint density at radius 3 is 1.01 bits per heavy atom. The Kier molecular flexibility index (Phi) is 29.3. The second kappa shape index (κ2) is 35.0. The number of carbonyl (C=O) groups is 4. The van der Waals surface area contributed by atoms with Gasteiger partial charge in [-0.25, -0.2) is 0 Å². The molecule has 12 fully saturated rings. The summed E-state index contributed by atoms with van der Waals surface area (Å²) < 4.78 is 35.9. The van der Waals surface area contributed by atoms with Crippen molar-refractivity contribution < 1.29 is 68.0 Å². The zero-order chi connectivity index (χ0) is 78.3. The van der Waals surface area contributed by atoms with Gasteiger partial charge < -0.3 is 48.8 Å². The smallest absolute Gasteiger partial charge is 0.313 e. The van der Waals surface area contributed by atoms with Crippen molar-refractivity contribution in [1.29, 1.82) is 0 Å². The highest BCUT2D eigenvalue weighted by Crippen LogP contribution is 2.61. The van der Waals surface area contributed by atoms with Gasteiger partial charge in [-0.1, -0.05) is 141 Å². The first kappa shape index (κ1) is 88.0. The van der Waals surface area contributed by atoms with Gasteiger partial charge in [-0.3, -0.25) is 19.2 Å². The molecule has 598 valence electrons. The summed E-state index contributed by atoms with van der Waals surface area (Å²) in [4.78, 5) is 49.7. The molecule has 0 radical (unpaired) electrons. The van der Waals surface area contributed by atoms with E-state index in [0.29, 0.717) is 90.8 Å². The second-order valence-electron chi connectivity index (χ2n) is 41.1. The maximum Gasteiger partial charge on any atom is 0.313 e. The van der Waals surface area contributed by atoms with Crippen LogP contribution in [0.15, 0.2) is 48.5 Å². The number of hydrogen-bond acceptors (Lipinski definition) is 14. The number of phenols is 2. The van der Waals surface area contributed by atoms with Gasteiger partial charge in [0, 0.05) is 24.7 Å². The van der Waals surface area contributed by atoms with Crippen molar-refractivity contribution >= 4 is 23.9 Å². The van der Waals surface area contributed by atoms with E-state index < -0.39 is 32.9 Å². The molecular weight excluding hydrogens is 1320 g/mol. The first-order valence-corrected chi connectivity index (χ1v) is 41.7. The number of fused-ring (bicyclic) bond motifs is 4. The molecule has 14 rings (SSSR count). The average molecular weight is 1470 g/mol. The molecule has 12 saturated carbocycles. The van der Waals surface area contributed by atoms with E-state index in [9.17, 15) is 29.4 Å². The van der Waals surface area contributed by atoms with E-state index in [1.54, 1.807) is 24.3 Å². The monoisotopic (exact) mass is 1470 g/mol. The Morgan fingerprint density at radius 2 is 0.743 bits per heavy atom. The Balaban J connectivity index is 0.000000179. The molecule has 13 unspecified atom stereocenters. The lowest BCUT2D eigenvalue weighted by molar-refractivity contribution is -0.226. The van der Waals surface area contributed by atoms with Gasteiger partial charge in [0.15, 0.2) is 0 Å². The molecule has 2 aromatic rings. The predicted molar refractivity (Wildman–Crippen MR) is 420 cm³/mol. The number of benzene rings is 2. The van der Waals surface area contributed by atoms with Crippen LogP contribution in [-0.4, -0.2) is 92.5 Å². The zero-order valence-corrected chi connectivity index (χ0v) is 70.3. The summed E-state index contributed by atoms with van der Waals surface area (Å²) in [6, 6.07) is 14.9. The van der Waals surface area contributed by atoms with Crippen LogP contribution in [0.3, 0.4) is 0 Å². The summed E-state index contributed by atoms with van der Waals surface area (Å²) in [5.41, 5.74) is -0.543. The first-order valence-electron chi connectivity index (χ1n) is 41.7. The Morgan fingerprint density at radius 1 is 0.419 bits per heavy atom. The Labute approximate surface area is 637 Å². The topological polar surface area (TPSA) is 205 Å². The molecule has 0 aromatic heterocycles. The summed E-state index contributed by atoms with van der Waals surface area (Å²) in [5.74, 6) is 6.95. The normalized spacial score (nSPS) is 31.2. The number of carbonyl (C=O) groups excluding carboxylic acids is 4. The predicted octanol–water partition coefficient (Wildman–Crippen LogP) is 21.7. The van der Waals surface area contributed by atoms with Crippen molar-refractivity contribution in [3.63, 3.8) is 0 Å². The van der Waals surface area contributed by atoms with E-state index >= 15 is 0 Å². The molecule has 0 heterocycles. The molecular formula is C91H150O14. The standard InChI is InChI=1S/2C19H34O3.2C16H26O3.C11H16O.C10H14O/c2*1-7-19(5,6)17(20)22-16(21-12-18(2,3)4)15-11-13-8-9-14(15)10-13;2*1-4-14(2,3)13(17)19-16-8-11-5-12(9-16)7-15(18,6-11)10-16;1-4-11(2,3)9-5-7-10(12)8-6-9;1-3-8(2)9-4-6-10(11)7-5-9/h2*13-16H,7-12H2,1-6H3;2*11-12,18H,4-10H2,1-3H3;5-8,12H,4H2,1-3H3;4-8,11H,3H2,1-2H3. The minimum atomic E-state index is -0.555. The van der Waals surface area contributed by atoms with Gasteiger partial charge in [-0.15, -0.1) is 0 Å². The van der Waals surface area contributed by atoms with E-state index in [4.69, 9.17) is 38.6 Å². The average Bonchev–Trinajstić information content (AvgIpc) is 0.817. The molecule has 0 amide bonds. The van der Waals surface area contributed by atoms with E-state index in [2.05, 4.69) is 76.2 Å². The SMILES string of the molecule is CCC(C)(C)C(=O)OC(OCC(C)(C)C)C1CC2CCC1C2.CCC(C)(C)C(=O)OC(OCC(C)(C)C)C1CC2CCC1C2.CCC(C)(C)C(=O)OC12CC3CC(CC(O)(C3)C1)C2.CCC(C)(C)C(=O)OC12CC3CC(CC(O)(C3)C1)C2.CCC(C)(C)c1ccc(O)cc1.CCC(C)c1ccc(O)cc1. The molecule has 105 heavy (non-hydrogen) atoms. The maximum absolute atomic E-state index is 12.5. The maximum atomic E-state index is 12.5. The van der Waals surface area contributed by atoms with Crippen molar-refractivity contribution in [2.24, 2.45) is 91.7 Å². The van der Waals surface area contributed by atoms with Crippen LogP contribution in [0.4, 0.5) is 0 Å². The van der Waals surface area contributed by atoms with Crippen molar-refractivity contribution in [1.82, 2.24) is 0 Å². The van der Waals surface area contributed by atoms with Gasteiger partial charge >= 0.3 is 23.9 Å². The van der Waals surface area contributed by atoms with Gasteiger partial charge in [0.1, 0.15) is 22.7 Å². The molecule has 12 aliphatic carbocycles. The highest BCUT2D eigenvalue weighted by atomic mass is 16.7. The summed E-state index contributed by atoms with van der Waals surface area (Å²) in [6.45, 7) is 48.9. The van der Waals surface area contributed by atoms with Crippen molar-refractivity contribution in [2.45, 2.75) is 373 Å². The van der Waals surface area contributed by atoms with Crippen molar-refractivity contribution in [2.75, 3.05) is 13.2 Å². The van der Waals surface area contributed by atoms with Crippen LogP contribution in [0, 0.1) is 91.7 Å². The van der Waals surface area contributed by atoms with Crippen LogP contribution in [0.5, 0.6) is 11.5 Å². The third kappa shape index (κ3) is 24.1. The third-order valence-electron chi connectivity index (χ3n) is 27.0. The number of aromatic hydroxyl groups is 2. The molecule has 13 atom stereocenters. The molecule has 12 bridgehead atoms. The summed E-state index contributed by atoms with van der Waals surface area (Å²) in [5, 5.41) is 39.4. The lowest BCUT2D eigenvalue weighted by Crippen LogP contribution is -2.61. The number of phenolic OH excluding ortho intramolecular Hbond substituents is 2. The molecule has 14 heteroatoms. The number of aliphatic hydroxyl groups is 2. The quantitative estimate of drug-likeness (QED) is 0.0492. The van der Waals surface area contributed by atoms with E-state index in [1.807, 2.05) is 107 Å². The highest BCUT2D eigenvalue weighted by Gasteiger charge is 2.61. The van der Waals surface area contributed by atoms with Gasteiger partial charge in [0.2, 0.25) is 12.6 Å². The van der Waals surface area contributed by atoms with Gasteiger partial charge in [-0.05, 0) is 302 Å². The van der Waals surface area contributed by atoms with Crippen LogP contribution >= 0.6 is 0 Å². The van der Waals surface area contributed by atoms with Crippen LogP contribution in [-0.2, 0) is 53.0 Å². The first-order chi connectivity index (χ1) is 48.6. The molecule has 12 aliphatic rings. The van der Waals surface area contributed by atoms with Gasteiger partial charge in [0.05, 0.1) is 46.1 Å². The van der Waals surface area contributed by atoms with E-state index in [-0.39, 0.29) is 63.9 Å². The van der Waals surface area contributed by atoms with Crippen LogP contribution in [0.2, 0.25) is 0 Å². The molecule has 14 nitrogen and oxygen atoms in total. The Bertz CT molecular complexity index is 2930. The van der Waals surface area contributed by atoms with Gasteiger partial charge in [0.25, 0.3) is 0 Å². The number of esters is 4. The Hall–Kier alpha value is -4.24. The number of ether oxygens (including phenoxy) is 6. The molecule has 0 aliphatic heterocycles. The van der Waals surface area contributed by atoms with E-state index in [0.717, 1.165) is 102 Å². The fourth-order valence-electron chi connectivity index (χ4n) is 18.8. The molecule has 2 aromatic carbocycles. The molecule has 4 N–H and O–H groups in total. The summed E-state index contributed by atoms with van der Waals surface area (Å²) in [6.07, 6.45) is 26.2. The summed E-state index contributed by atoms with van der Waals surface area (Å²) in [7, 11) is 0. The largest absolute Gasteiger partial charge is 0.508 e. The van der Waals surface area contributed by atoms with Crippen LogP contribution in [0.1, 0.15) is 343 Å². The highest BCUT2D eigenvalue weighted by molar-refractivity contribution is 5.77. The number of rotatable bonds is 22. The summed E-state index contributed by atoms with van der Waals surface area (Å²) >= 11 is 0. The minimum absolute atomic E-state index is 0.0828. The second-order valence-corrected chi connectivity index (χ2v) is 41.1. The van der Waals surface area contributed by atoms with Crippen molar-refractivity contribution in [3.8, 4) is 11.5 Å². The fraction of sp³-hybridized carbons (Fsp3) is 0.824. The third-order valence-corrected chi connectivity index (χ3v) is 27.0. The zero-order valence-electron chi connectivity index (χ0n) is 70.3. The van der Waals surface area contributed by atoms with E-state index in [1.165, 1.54) is 75.3 Å². The van der Waals surface area contributed by atoms with Gasteiger partial charge in [-0.2, -0.15) is 0 Å². The lowest BCUT2D eigenvalue weighted by atomic mass is 9.52. The van der Waals surface area contributed by atoms with Crippen molar-refractivity contribution in [3.05, 3.63) is 59.7 Å².